The van der Waals surface area contributed by atoms with Gasteiger partial charge in [-0.25, -0.2) is 12.8 Å². The van der Waals surface area contributed by atoms with E-state index in [0.29, 0.717) is 31.7 Å². The van der Waals surface area contributed by atoms with Gasteiger partial charge < -0.3 is 9.47 Å². The Morgan fingerprint density at radius 2 is 1.57 bits per heavy atom. The molecule has 3 aromatic rings. The first-order valence-corrected chi connectivity index (χ1v) is 10.6. The van der Waals surface area contributed by atoms with Gasteiger partial charge >= 0.3 is 0 Å². The maximum Gasteiger partial charge on any atom is 0.218 e. The Balaban J connectivity index is 1.38. The lowest BCUT2D eigenvalue weighted by Crippen LogP contribution is -2.49. The van der Waals surface area contributed by atoms with Crippen LogP contribution in [0.25, 0.3) is 5.82 Å². The van der Waals surface area contributed by atoms with Crippen LogP contribution in [0.1, 0.15) is 5.56 Å². The quantitative estimate of drug-likeness (QED) is 0.655. The molecule has 1 aliphatic heterocycles. The van der Waals surface area contributed by atoms with E-state index in [0.717, 1.165) is 11.6 Å². The predicted octanol–water partition coefficient (Wildman–Crippen LogP) is 2.06. The number of benzene rings is 1. The number of anilines is 1. The summed E-state index contributed by atoms with van der Waals surface area (Å²) in [4.78, 5) is 2.01. The van der Waals surface area contributed by atoms with Gasteiger partial charge in [0.25, 0.3) is 0 Å². The average Bonchev–Trinajstić information content (AvgIpc) is 3.23. The zero-order valence-corrected chi connectivity index (χ0v) is 16.0. The first-order valence-electron chi connectivity index (χ1n) is 8.95. The van der Waals surface area contributed by atoms with Gasteiger partial charge in [0.1, 0.15) is 5.82 Å². The van der Waals surface area contributed by atoms with Crippen molar-refractivity contribution in [2.45, 2.75) is 5.75 Å². The summed E-state index contributed by atoms with van der Waals surface area (Å²) in [7, 11) is -3.49. The molecular formula is C19H20FN5O2S. The molecule has 0 atom stereocenters. The van der Waals surface area contributed by atoms with Crippen LogP contribution in [0.15, 0.2) is 60.9 Å². The molecule has 0 unspecified atom stereocenters. The fourth-order valence-electron chi connectivity index (χ4n) is 3.24. The van der Waals surface area contributed by atoms with Crippen molar-refractivity contribution in [1.82, 2.24) is 19.1 Å². The molecule has 9 heteroatoms. The molecule has 28 heavy (non-hydrogen) atoms. The van der Waals surface area contributed by atoms with E-state index in [4.69, 9.17) is 0 Å². The van der Waals surface area contributed by atoms with E-state index in [-0.39, 0.29) is 5.75 Å². The molecule has 1 saturated heterocycles. The first kappa shape index (κ1) is 18.6. The third-order valence-corrected chi connectivity index (χ3v) is 6.55. The summed E-state index contributed by atoms with van der Waals surface area (Å²) in [5.74, 6) is 0.818. The van der Waals surface area contributed by atoms with Crippen LogP contribution in [0.3, 0.4) is 0 Å². The number of nitrogens with zero attached hydrogens (tertiary/aromatic N) is 5. The highest BCUT2D eigenvalue weighted by atomic mass is 32.2. The summed E-state index contributed by atoms with van der Waals surface area (Å²) in [6.07, 6.45) is 3.79. The lowest BCUT2D eigenvalue weighted by atomic mass is 10.2. The van der Waals surface area contributed by atoms with E-state index < -0.39 is 15.8 Å². The van der Waals surface area contributed by atoms with Crippen molar-refractivity contribution in [2.24, 2.45) is 0 Å². The Morgan fingerprint density at radius 1 is 0.893 bits per heavy atom. The van der Waals surface area contributed by atoms with Gasteiger partial charge in [0.15, 0.2) is 11.6 Å². The molecule has 4 rings (SSSR count). The van der Waals surface area contributed by atoms with Crippen LogP contribution in [0, 0.1) is 5.82 Å². The Hall–Kier alpha value is -2.78. The Labute approximate surface area is 163 Å². The summed E-state index contributed by atoms with van der Waals surface area (Å²) < 4.78 is 41.9. The minimum atomic E-state index is -3.49. The Bertz CT molecular complexity index is 1030. The van der Waals surface area contributed by atoms with Crippen molar-refractivity contribution in [2.75, 3.05) is 31.1 Å². The first-order chi connectivity index (χ1) is 13.5. The molecule has 0 saturated carbocycles. The van der Waals surface area contributed by atoms with Crippen molar-refractivity contribution < 1.29 is 12.8 Å². The van der Waals surface area contributed by atoms with E-state index in [2.05, 4.69) is 10.2 Å². The molecule has 1 aliphatic rings. The van der Waals surface area contributed by atoms with Crippen LogP contribution < -0.4 is 4.90 Å². The van der Waals surface area contributed by atoms with Gasteiger partial charge in [-0.05, 0) is 42.0 Å². The number of halogens is 1. The van der Waals surface area contributed by atoms with Gasteiger partial charge in [-0.3, -0.25) is 0 Å². The highest BCUT2D eigenvalue weighted by Crippen LogP contribution is 2.18. The van der Waals surface area contributed by atoms with Crippen LogP contribution >= 0.6 is 0 Å². The molecule has 7 nitrogen and oxygen atoms in total. The standard InChI is InChI=1S/C19H20FN5O2S/c20-17-5-3-4-16(14-17)15-28(26,27)25-12-10-24(11-13-25)19-7-6-18(21-22-19)23-8-1-2-9-23/h1-9,14H,10-13,15H2. The molecular weight excluding hydrogens is 381 g/mol. The predicted molar refractivity (Wildman–Crippen MR) is 104 cm³/mol. The van der Waals surface area contributed by atoms with E-state index in [1.807, 2.05) is 46.1 Å². The van der Waals surface area contributed by atoms with Gasteiger partial charge in [0.2, 0.25) is 10.0 Å². The highest BCUT2D eigenvalue weighted by molar-refractivity contribution is 7.88. The molecule has 0 bridgehead atoms. The third kappa shape index (κ3) is 4.05. The zero-order chi connectivity index (χ0) is 19.6. The van der Waals surface area contributed by atoms with E-state index in [1.165, 1.54) is 22.5 Å². The zero-order valence-electron chi connectivity index (χ0n) is 15.1. The van der Waals surface area contributed by atoms with Gasteiger partial charge in [0.05, 0.1) is 5.75 Å². The van der Waals surface area contributed by atoms with Crippen molar-refractivity contribution in [3.8, 4) is 5.82 Å². The second-order valence-corrected chi connectivity index (χ2v) is 8.58. The Kier molecular flexibility index (Phi) is 5.10. The number of piperazine rings is 1. The fraction of sp³-hybridized carbons (Fsp3) is 0.263. The number of hydrogen-bond acceptors (Lipinski definition) is 5. The summed E-state index contributed by atoms with van der Waals surface area (Å²) in [5, 5.41) is 8.50. The average molecular weight is 401 g/mol. The number of hydrogen-bond donors (Lipinski definition) is 0. The summed E-state index contributed by atoms with van der Waals surface area (Å²) in [6.45, 7) is 1.78. The Morgan fingerprint density at radius 3 is 2.21 bits per heavy atom. The van der Waals surface area contributed by atoms with Gasteiger partial charge in [-0.1, -0.05) is 12.1 Å². The maximum atomic E-state index is 13.3. The maximum absolute atomic E-state index is 13.3. The molecule has 0 amide bonds. The molecule has 0 spiro atoms. The number of sulfonamides is 1. The molecule has 146 valence electrons. The third-order valence-electron chi connectivity index (χ3n) is 4.70. The second kappa shape index (κ2) is 7.69. The van der Waals surface area contributed by atoms with Crippen molar-refractivity contribution >= 4 is 15.8 Å². The van der Waals surface area contributed by atoms with Crippen LogP contribution in [0.4, 0.5) is 10.2 Å². The SMILES string of the molecule is O=S(=O)(Cc1cccc(F)c1)N1CCN(c2ccc(-n3cccc3)nn2)CC1. The number of rotatable bonds is 5. The van der Waals surface area contributed by atoms with Crippen LogP contribution in [-0.2, 0) is 15.8 Å². The summed E-state index contributed by atoms with van der Waals surface area (Å²) in [6, 6.07) is 13.3. The normalized spacial score (nSPS) is 15.7. The molecule has 0 N–H and O–H groups in total. The van der Waals surface area contributed by atoms with Crippen LogP contribution in [0.5, 0.6) is 0 Å². The monoisotopic (exact) mass is 401 g/mol. The largest absolute Gasteiger partial charge is 0.352 e. The van der Waals surface area contributed by atoms with Crippen LogP contribution in [-0.4, -0.2) is 53.7 Å². The molecule has 0 aliphatic carbocycles. The van der Waals surface area contributed by atoms with E-state index >= 15 is 0 Å². The fourth-order valence-corrected chi connectivity index (χ4v) is 4.74. The van der Waals surface area contributed by atoms with Gasteiger partial charge in [0, 0.05) is 38.6 Å². The summed E-state index contributed by atoms with van der Waals surface area (Å²) >= 11 is 0. The smallest absolute Gasteiger partial charge is 0.218 e. The molecule has 3 heterocycles. The van der Waals surface area contributed by atoms with Crippen LogP contribution in [0.2, 0.25) is 0 Å². The molecule has 0 radical (unpaired) electrons. The summed E-state index contributed by atoms with van der Waals surface area (Å²) in [5.41, 5.74) is 0.453. The van der Waals surface area contributed by atoms with Crippen molar-refractivity contribution in [1.29, 1.82) is 0 Å². The van der Waals surface area contributed by atoms with Gasteiger partial charge in [-0.15, -0.1) is 10.2 Å². The minimum Gasteiger partial charge on any atom is -0.352 e. The topological polar surface area (TPSA) is 71.3 Å². The molecule has 1 aromatic carbocycles. The lowest BCUT2D eigenvalue weighted by molar-refractivity contribution is 0.383. The molecule has 2 aromatic heterocycles. The van der Waals surface area contributed by atoms with Crippen molar-refractivity contribution in [3.63, 3.8) is 0 Å². The highest BCUT2D eigenvalue weighted by Gasteiger charge is 2.27. The second-order valence-electron chi connectivity index (χ2n) is 6.61. The van der Waals surface area contributed by atoms with Gasteiger partial charge in [-0.2, -0.15) is 4.31 Å². The minimum absolute atomic E-state index is 0.198. The van der Waals surface area contributed by atoms with Crippen molar-refractivity contribution in [3.05, 3.63) is 72.3 Å². The lowest BCUT2D eigenvalue weighted by Gasteiger charge is -2.34. The van der Waals surface area contributed by atoms with E-state index in [9.17, 15) is 12.8 Å². The number of aromatic nitrogens is 3. The molecule has 1 fully saturated rings. The van der Waals surface area contributed by atoms with E-state index in [1.54, 1.807) is 6.07 Å².